The molecule has 0 radical (unpaired) electrons. The molecule has 0 heterocycles. The van der Waals surface area contributed by atoms with Crippen LogP contribution in [0.2, 0.25) is 0 Å². The highest BCUT2D eigenvalue weighted by Gasteiger charge is 2.19. The molecule has 1 unspecified atom stereocenters. The molecule has 0 aromatic carbocycles. The topological polar surface area (TPSA) is 0 Å². The monoisotopic (exact) mass is 252 g/mol. The van der Waals surface area contributed by atoms with Crippen molar-refractivity contribution < 1.29 is 0 Å². The lowest BCUT2D eigenvalue weighted by molar-refractivity contribution is 0.270. The average molecular weight is 252 g/mol. The second kappa shape index (κ2) is 11.6. The Morgan fingerprint density at radius 2 is 1.78 bits per heavy atom. The number of hydrogen-bond acceptors (Lipinski definition) is 0. The molecule has 0 aliphatic carbocycles. The molecule has 0 nitrogen and oxygen atoms in total. The van der Waals surface area contributed by atoms with Gasteiger partial charge in [0.05, 0.1) is 0 Å². The standard InChI is InChI=1S/C16H30.C2H6/c1-7-10-15(4)13-16(5,6)12-9-11-14(3)8-2;1-2/h8-9,11,15H,7,10,12-13H2,1-6H3;1-2H3/b11-9+,14-8-;. The summed E-state index contributed by atoms with van der Waals surface area (Å²) < 4.78 is 0. The highest BCUT2D eigenvalue weighted by Crippen LogP contribution is 2.31. The van der Waals surface area contributed by atoms with Gasteiger partial charge >= 0.3 is 0 Å². The summed E-state index contributed by atoms with van der Waals surface area (Å²) in [4.78, 5) is 0. The first-order valence-electron chi connectivity index (χ1n) is 7.70. The van der Waals surface area contributed by atoms with E-state index in [0.717, 1.165) is 5.92 Å². The zero-order valence-corrected chi connectivity index (χ0v) is 14.1. The van der Waals surface area contributed by atoms with Crippen LogP contribution in [0, 0.1) is 11.3 Å². The third kappa shape index (κ3) is 12.0. The Morgan fingerprint density at radius 3 is 2.22 bits per heavy atom. The summed E-state index contributed by atoms with van der Waals surface area (Å²) in [5.74, 6) is 0.858. The van der Waals surface area contributed by atoms with Crippen molar-refractivity contribution in [1.82, 2.24) is 0 Å². The van der Waals surface area contributed by atoms with E-state index in [1.807, 2.05) is 13.8 Å². The van der Waals surface area contributed by atoms with Gasteiger partial charge in [0.25, 0.3) is 0 Å². The van der Waals surface area contributed by atoms with E-state index in [1.54, 1.807) is 0 Å². The smallest absolute Gasteiger partial charge is 0.0296 e. The largest absolute Gasteiger partial charge is 0.0847 e. The highest BCUT2D eigenvalue weighted by atomic mass is 14.2. The van der Waals surface area contributed by atoms with E-state index in [0.29, 0.717) is 5.41 Å². The lowest BCUT2D eigenvalue weighted by Gasteiger charge is -2.26. The third-order valence-electron chi connectivity index (χ3n) is 3.19. The Morgan fingerprint density at radius 1 is 1.22 bits per heavy atom. The number of rotatable bonds is 7. The van der Waals surface area contributed by atoms with Crippen LogP contribution in [0.25, 0.3) is 0 Å². The molecule has 0 spiro atoms. The first kappa shape index (κ1) is 19.8. The second-order valence-electron chi connectivity index (χ2n) is 5.90. The molecular formula is C18H36. The van der Waals surface area contributed by atoms with Gasteiger partial charge in [-0.15, -0.1) is 0 Å². The van der Waals surface area contributed by atoms with Crippen LogP contribution >= 0.6 is 0 Å². The van der Waals surface area contributed by atoms with E-state index >= 15 is 0 Å². The van der Waals surface area contributed by atoms with Gasteiger partial charge in [0.2, 0.25) is 0 Å². The molecule has 1 atom stereocenters. The van der Waals surface area contributed by atoms with Crippen molar-refractivity contribution >= 4 is 0 Å². The Bertz CT molecular complexity index is 230. The molecule has 0 aliphatic rings. The van der Waals surface area contributed by atoms with E-state index in [9.17, 15) is 0 Å². The van der Waals surface area contributed by atoms with Crippen LogP contribution in [0.4, 0.5) is 0 Å². The average Bonchev–Trinajstić information content (AvgIpc) is 2.30. The van der Waals surface area contributed by atoms with Crippen LogP contribution in [0.5, 0.6) is 0 Å². The zero-order valence-electron chi connectivity index (χ0n) is 14.1. The summed E-state index contributed by atoms with van der Waals surface area (Å²) in [5.41, 5.74) is 1.80. The van der Waals surface area contributed by atoms with Gasteiger partial charge in [-0.2, -0.15) is 0 Å². The van der Waals surface area contributed by atoms with Crippen LogP contribution in [0.3, 0.4) is 0 Å². The summed E-state index contributed by atoms with van der Waals surface area (Å²) in [6, 6.07) is 0. The molecule has 0 aromatic heterocycles. The fourth-order valence-corrected chi connectivity index (χ4v) is 2.28. The minimum atomic E-state index is 0.444. The minimum absolute atomic E-state index is 0.444. The molecule has 0 saturated heterocycles. The predicted octanol–water partition coefficient (Wildman–Crippen LogP) is 6.78. The van der Waals surface area contributed by atoms with E-state index in [2.05, 4.69) is 59.8 Å². The maximum Gasteiger partial charge on any atom is -0.0296 e. The first-order valence-corrected chi connectivity index (χ1v) is 7.70. The highest BCUT2D eigenvalue weighted by molar-refractivity contribution is 5.14. The minimum Gasteiger partial charge on any atom is -0.0847 e. The van der Waals surface area contributed by atoms with Gasteiger partial charge in [-0.25, -0.2) is 0 Å². The third-order valence-corrected chi connectivity index (χ3v) is 3.19. The van der Waals surface area contributed by atoms with Gasteiger partial charge in [0.15, 0.2) is 0 Å². The van der Waals surface area contributed by atoms with Gasteiger partial charge in [-0.05, 0) is 38.0 Å². The molecule has 0 amide bonds. The van der Waals surface area contributed by atoms with Gasteiger partial charge in [-0.1, -0.05) is 78.2 Å². The van der Waals surface area contributed by atoms with Crippen molar-refractivity contribution in [2.24, 2.45) is 11.3 Å². The fraction of sp³-hybridized carbons (Fsp3) is 0.778. The van der Waals surface area contributed by atoms with Gasteiger partial charge < -0.3 is 0 Å². The molecule has 0 fully saturated rings. The Kier molecular flexibility index (Phi) is 12.7. The molecule has 0 rings (SSSR count). The maximum absolute atomic E-state index is 2.38. The maximum atomic E-state index is 2.38. The van der Waals surface area contributed by atoms with Crippen molar-refractivity contribution in [2.75, 3.05) is 0 Å². The lowest BCUT2D eigenvalue weighted by Crippen LogP contribution is -2.14. The molecule has 0 N–H and O–H groups in total. The van der Waals surface area contributed by atoms with Crippen LogP contribution in [0.15, 0.2) is 23.8 Å². The molecule has 0 saturated carbocycles. The summed E-state index contributed by atoms with van der Waals surface area (Å²) >= 11 is 0. The van der Waals surface area contributed by atoms with Crippen LogP contribution in [0.1, 0.15) is 81.1 Å². The quantitative estimate of drug-likeness (QED) is 0.438. The Hall–Kier alpha value is -0.520. The molecule has 18 heavy (non-hydrogen) atoms. The van der Waals surface area contributed by atoms with Gasteiger partial charge in [-0.3, -0.25) is 0 Å². The van der Waals surface area contributed by atoms with Crippen molar-refractivity contribution in [3.8, 4) is 0 Å². The van der Waals surface area contributed by atoms with Crippen molar-refractivity contribution in [3.63, 3.8) is 0 Å². The Labute approximate surface area is 117 Å². The fourth-order valence-electron chi connectivity index (χ4n) is 2.28. The van der Waals surface area contributed by atoms with Crippen molar-refractivity contribution in [1.29, 1.82) is 0 Å². The summed E-state index contributed by atoms with van der Waals surface area (Å²) in [6.45, 7) is 17.7. The van der Waals surface area contributed by atoms with Crippen LogP contribution in [-0.4, -0.2) is 0 Å². The zero-order chi connectivity index (χ0) is 14.6. The van der Waals surface area contributed by atoms with E-state index in [4.69, 9.17) is 0 Å². The van der Waals surface area contributed by atoms with Crippen molar-refractivity contribution in [3.05, 3.63) is 23.8 Å². The van der Waals surface area contributed by atoms with Crippen molar-refractivity contribution in [2.45, 2.75) is 81.1 Å². The molecule has 0 bridgehead atoms. The first-order chi connectivity index (χ1) is 8.41. The number of hydrogen-bond donors (Lipinski definition) is 0. The predicted molar refractivity (Wildman–Crippen MR) is 87.0 cm³/mol. The van der Waals surface area contributed by atoms with E-state index < -0.39 is 0 Å². The molecule has 0 aromatic rings. The molecule has 0 aliphatic heterocycles. The molecule has 0 heteroatoms. The van der Waals surface area contributed by atoms with E-state index in [1.165, 1.54) is 31.3 Å². The van der Waals surface area contributed by atoms with E-state index in [-0.39, 0.29) is 0 Å². The summed E-state index contributed by atoms with van der Waals surface area (Å²) in [7, 11) is 0. The normalized spacial score (nSPS) is 14.3. The van der Waals surface area contributed by atoms with Gasteiger partial charge in [0, 0.05) is 0 Å². The SMILES string of the molecule is C/C=C(C)\C=C\CC(C)(C)CC(C)CCC.CC. The lowest BCUT2D eigenvalue weighted by atomic mass is 9.79. The van der Waals surface area contributed by atoms with Gasteiger partial charge in [0.1, 0.15) is 0 Å². The second-order valence-corrected chi connectivity index (χ2v) is 5.90. The van der Waals surface area contributed by atoms with Crippen LogP contribution in [-0.2, 0) is 0 Å². The molecule has 108 valence electrons. The summed E-state index contributed by atoms with van der Waals surface area (Å²) in [6.07, 6.45) is 11.9. The Balaban J connectivity index is 0. The van der Waals surface area contributed by atoms with Crippen LogP contribution < -0.4 is 0 Å². The molecular weight excluding hydrogens is 216 g/mol. The summed E-state index contributed by atoms with van der Waals surface area (Å²) in [5, 5.41) is 0. The number of allylic oxidation sites excluding steroid dienone is 4.